The molecule has 11 heavy (non-hydrogen) atoms. The number of aliphatic hydroxyl groups is 1. The highest BCUT2D eigenvalue weighted by atomic mass is 16.3. The second kappa shape index (κ2) is 4.04. The van der Waals surface area contributed by atoms with Crippen molar-refractivity contribution in [3.05, 3.63) is 6.92 Å². The van der Waals surface area contributed by atoms with Gasteiger partial charge in [0, 0.05) is 25.7 Å². The van der Waals surface area contributed by atoms with Crippen molar-refractivity contribution in [2.24, 2.45) is 0 Å². The molecule has 0 aromatic carbocycles. The first-order chi connectivity index (χ1) is 5.20. The van der Waals surface area contributed by atoms with E-state index in [2.05, 4.69) is 24.2 Å². The normalized spacial score (nSPS) is 30.3. The van der Waals surface area contributed by atoms with Gasteiger partial charge in [0.25, 0.3) is 0 Å². The number of nitrogens with zero attached hydrogens (tertiary/aromatic N) is 1. The first-order valence-electron chi connectivity index (χ1n) is 4.12. The zero-order chi connectivity index (χ0) is 8.27. The molecule has 1 aliphatic heterocycles. The Hall–Kier alpha value is -0.120. The van der Waals surface area contributed by atoms with Crippen LogP contribution in [-0.4, -0.2) is 48.8 Å². The minimum atomic E-state index is -0.428. The lowest BCUT2D eigenvalue weighted by atomic mass is 10.1. The molecule has 1 saturated heterocycles. The third-order valence-electron chi connectivity index (χ3n) is 2.19. The second-order valence-corrected chi connectivity index (χ2v) is 3.23. The fourth-order valence-electron chi connectivity index (χ4n) is 1.44. The lowest BCUT2D eigenvalue weighted by molar-refractivity contribution is 0.126. The van der Waals surface area contributed by atoms with Gasteiger partial charge in [-0.3, -0.25) is 0 Å². The van der Waals surface area contributed by atoms with E-state index >= 15 is 0 Å². The average Bonchev–Trinajstić information content (AvgIpc) is 1.93. The molecule has 1 fully saturated rings. The van der Waals surface area contributed by atoms with Gasteiger partial charge in [0.15, 0.2) is 0 Å². The predicted molar refractivity (Wildman–Crippen MR) is 45.3 cm³/mol. The lowest BCUT2D eigenvalue weighted by Crippen LogP contribution is -2.50. The number of likely N-dealkylation sites (N-methyl/N-ethyl adjacent to an activating group) is 1. The van der Waals surface area contributed by atoms with Crippen LogP contribution in [0.25, 0.3) is 0 Å². The van der Waals surface area contributed by atoms with Crippen molar-refractivity contribution in [2.75, 3.05) is 26.7 Å². The van der Waals surface area contributed by atoms with Gasteiger partial charge in [-0.25, -0.2) is 0 Å². The van der Waals surface area contributed by atoms with Crippen molar-refractivity contribution in [3.8, 4) is 0 Å². The smallest absolute Gasteiger partial charge is 0.0556 e. The summed E-state index contributed by atoms with van der Waals surface area (Å²) in [4.78, 5) is 2.27. The predicted octanol–water partition coefficient (Wildman–Crippen LogP) is -0.525. The van der Waals surface area contributed by atoms with Crippen LogP contribution in [0.15, 0.2) is 0 Å². The number of aliphatic hydroxyl groups excluding tert-OH is 1. The molecule has 2 N–H and O–H groups in total. The Morgan fingerprint density at radius 3 is 3.09 bits per heavy atom. The molecule has 0 amide bonds. The molecule has 1 rings (SSSR count). The topological polar surface area (TPSA) is 35.5 Å². The quantitative estimate of drug-likeness (QED) is 0.566. The number of piperazine rings is 1. The zero-order valence-corrected chi connectivity index (χ0v) is 7.08. The first-order valence-corrected chi connectivity index (χ1v) is 4.12. The Balaban J connectivity index is 2.29. The van der Waals surface area contributed by atoms with Crippen molar-refractivity contribution in [3.63, 3.8) is 0 Å². The van der Waals surface area contributed by atoms with E-state index in [9.17, 15) is 0 Å². The molecule has 1 heterocycles. The Kier molecular flexibility index (Phi) is 3.30. The molecule has 3 heteroatoms. The largest absolute Gasteiger partial charge is 0.393 e. The summed E-state index contributed by atoms with van der Waals surface area (Å²) >= 11 is 0. The summed E-state index contributed by atoms with van der Waals surface area (Å²) in [6.07, 6.45) is 0.339. The Morgan fingerprint density at radius 1 is 1.82 bits per heavy atom. The maximum absolute atomic E-state index is 9.06. The van der Waals surface area contributed by atoms with Crippen LogP contribution in [-0.2, 0) is 0 Å². The number of hydrogen-bond acceptors (Lipinski definition) is 3. The van der Waals surface area contributed by atoms with Crippen LogP contribution in [0.5, 0.6) is 0 Å². The number of nitrogens with one attached hydrogen (secondary N) is 1. The highest BCUT2D eigenvalue weighted by Crippen LogP contribution is 2.06. The van der Waals surface area contributed by atoms with Gasteiger partial charge in [0.05, 0.1) is 6.10 Å². The minimum absolute atomic E-state index is 0.428. The third-order valence-corrected chi connectivity index (χ3v) is 2.19. The van der Waals surface area contributed by atoms with Crippen LogP contribution in [0, 0.1) is 6.92 Å². The molecule has 2 atom stereocenters. The van der Waals surface area contributed by atoms with Crippen molar-refractivity contribution >= 4 is 0 Å². The Bertz CT molecular complexity index is 117. The molecular weight excluding hydrogens is 140 g/mol. The van der Waals surface area contributed by atoms with E-state index in [0.717, 1.165) is 26.1 Å². The van der Waals surface area contributed by atoms with E-state index < -0.39 is 6.10 Å². The maximum atomic E-state index is 9.06. The van der Waals surface area contributed by atoms with Gasteiger partial charge in [0.2, 0.25) is 0 Å². The fourth-order valence-corrected chi connectivity index (χ4v) is 1.44. The third kappa shape index (κ3) is 2.77. The zero-order valence-electron chi connectivity index (χ0n) is 7.08. The van der Waals surface area contributed by atoms with Gasteiger partial charge in [-0.2, -0.15) is 0 Å². The van der Waals surface area contributed by atoms with Crippen LogP contribution in [0.2, 0.25) is 0 Å². The molecule has 0 spiro atoms. The first kappa shape index (κ1) is 8.97. The lowest BCUT2D eigenvalue weighted by Gasteiger charge is -2.33. The van der Waals surface area contributed by atoms with Crippen molar-refractivity contribution < 1.29 is 5.11 Å². The van der Waals surface area contributed by atoms with Gasteiger partial charge >= 0.3 is 0 Å². The summed E-state index contributed by atoms with van der Waals surface area (Å²) in [6.45, 7) is 6.67. The van der Waals surface area contributed by atoms with Crippen molar-refractivity contribution in [1.29, 1.82) is 0 Å². The molecule has 2 unspecified atom stereocenters. The van der Waals surface area contributed by atoms with E-state index in [1.807, 2.05) is 0 Å². The SMILES string of the molecule is [CH2]C(O)CC1CNCCN1C. The summed E-state index contributed by atoms with van der Waals surface area (Å²) in [5, 5.41) is 12.3. The van der Waals surface area contributed by atoms with Gasteiger partial charge in [-0.15, -0.1) is 0 Å². The monoisotopic (exact) mass is 157 g/mol. The van der Waals surface area contributed by atoms with Gasteiger partial charge in [-0.1, -0.05) is 0 Å². The Labute approximate surface area is 68.4 Å². The van der Waals surface area contributed by atoms with E-state index in [1.165, 1.54) is 0 Å². The molecule has 1 aliphatic rings. The number of rotatable bonds is 2. The van der Waals surface area contributed by atoms with Crippen molar-refractivity contribution in [2.45, 2.75) is 18.6 Å². The van der Waals surface area contributed by atoms with Crippen LogP contribution in [0.1, 0.15) is 6.42 Å². The van der Waals surface area contributed by atoms with Crippen LogP contribution < -0.4 is 5.32 Å². The Morgan fingerprint density at radius 2 is 2.55 bits per heavy atom. The molecule has 65 valence electrons. The molecule has 0 aromatic heterocycles. The minimum Gasteiger partial charge on any atom is -0.393 e. The average molecular weight is 157 g/mol. The highest BCUT2D eigenvalue weighted by Gasteiger charge is 2.19. The second-order valence-electron chi connectivity index (χ2n) is 3.23. The number of hydrogen-bond donors (Lipinski definition) is 2. The van der Waals surface area contributed by atoms with E-state index in [0.29, 0.717) is 6.04 Å². The standard InChI is InChI=1S/C8H17N2O/c1-7(11)5-8-6-9-3-4-10(8)2/h7-9,11H,1,3-6H2,2H3. The van der Waals surface area contributed by atoms with Gasteiger partial charge in [0.1, 0.15) is 0 Å². The highest BCUT2D eigenvalue weighted by molar-refractivity contribution is 4.80. The van der Waals surface area contributed by atoms with E-state index in [-0.39, 0.29) is 0 Å². The molecule has 0 saturated carbocycles. The molecular formula is C8H17N2O. The molecule has 0 aliphatic carbocycles. The van der Waals surface area contributed by atoms with Crippen LogP contribution in [0.3, 0.4) is 0 Å². The van der Waals surface area contributed by atoms with Crippen LogP contribution in [0.4, 0.5) is 0 Å². The molecule has 0 bridgehead atoms. The molecule has 0 aromatic rings. The summed E-state index contributed by atoms with van der Waals surface area (Å²) in [5.74, 6) is 0. The molecule has 3 nitrogen and oxygen atoms in total. The summed E-state index contributed by atoms with van der Waals surface area (Å²) in [5.41, 5.74) is 0. The maximum Gasteiger partial charge on any atom is 0.0556 e. The summed E-state index contributed by atoms with van der Waals surface area (Å²) < 4.78 is 0. The van der Waals surface area contributed by atoms with E-state index in [1.54, 1.807) is 0 Å². The van der Waals surface area contributed by atoms with Crippen molar-refractivity contribution in [1.82, 2.24) is 10.2 Å². The summed E-state index contributed by atoms with van der Waals surface area (Å²) in [6, 6.07) is 0.455. The summed E-state index contributed by atoms with van der Waals surface area (Å²) in [7, 11) is 2.09. The van der Waals surface area contributed by atoms with E-state index in [4.69, 9.17) is 5.11 Å². The van der Waals surface area contributed by atoms with Gasteiger partial charge in [-0.05, 0) is 20.4 Å². The molecule has 1 radical (unpaired) electrons. The fraction of sp³-hybridized carbons (Fsp3) is 0.875. The van der Waals surface area contributed by atoms with Crippen LogP contribution >= 0.6 is 0 Å². The van der Waals surface area contributed by atoms with Gasteiger partial charge < -0.3 is 15.3 Å².